The second-order valence-corrected chi connectivity index (χ2v) is 4.12. The van der Waals surface area contributed by atoms with Gasteiger partial charge in [-0.15, -0.1) is 0 Å². The van der Waals surface area contributed by atoms with E-state index in [1.165, 1.54) is 12.1 Å². The zero-order valence-electron chi connectivity index (χ0n) is 10.8. The van der Waals surface area contributed by atoms with E-state index < -0.39 is 4.92 Å². The van der Waals surface area contributed by atoms with Crippen molar-refractivity contribution in [3.8, 4) is 11.4 Å². The van der Waals surface area contributed by atoms with Crippen molar-refractivity contribution in [3.05, 3.63) is 34.5 Å². The highest BCUT2D eigenvalue weighted by Crippen LogP contribution is 2.24. The largest absolute Gasteiger partial charge is 0.370 e. The van der Waals surface area contributed by atoms with E-state index in [4.69, 9.17) is 0 Å². The van der Waals surface area contributed by atoms with E-state index in [0.29, 0.717) is 11.5 Å². The number of nitro groups is 1. The zero-order valence-corrected chi connectivity index (χ0v) is 10.8. The SMILES string of the molecule is CCCNc1cc([N+](=O)[O-])cc(-c2ccnn2C)n1. The van der Waals surface area contributed by atoms with Gasteiger partial charge < -0.3 is 5.32 Å². The zero-order chi connectivity index (χ0) is 13.8. The van der Waals surface area contributed by atoms with Crippen LogP contribution in [0.1, 0.15) is 13.3 Å². The minimum atomic E-state index is -0.418. The smallest absolute Gasteiger partial charge is 0.275 e. The number of pyridine rings is 1. The number of hydrogen-bond donors (Lipinski definition) is 1. The van der Waals surface area contributed by atoms with Crippen molar-refractivity contribution in [2.45, 2.75) is 13.3 Å². The van der Waals surface area contributed by atoms with E-state index in [9.17, 15) is 10.1 Å². The first kappa shape index (κ1) is 13.0. The highest BCUT2D eigenvalue weighted by atomic mass is 16.6. The summed E-state index contributed by atoms with van der Waals surface area (Å²) in [5.74, 6) is 0.507. The average molecular weight is 261 g/mol. The lowest BCUT2D eigenvalue weighted by Crippen LogP contribution is -2.04. The Bertz CT molecular complexity index is 594. The van der Waals surface area contributed by atoms with Gasteiger partial charge in [0.1, 0.15) is 5.82 Å². The van der Waals surface area contributed by atoms with Crippen LogP contribution in [0.5, 0.6) is 0 Å². The van der Waals surface area contributed by atoms with E-state index in [1.807, 2.05) is 6.92 Å². The van der Waals surface area contributed by atoms with Crippen LogP contribution in [-0.4, -0.2) is 26.2 Å². The molecule has 0 amide bonds. The van der Waals surface area contributed by atoms with Gasteiger partial charge in [-0.05, 0) is 12.5 Å². The number of rotatable bonds is 5. The number of nitrogens with one attached hydrogen (secondary N) is 1. The van der Waals surface area contributed by atoms with Gasteiger partial charge in [-0.1, -0.05) is 6.92 Å². The summed E-state index contributed by atoms with van der Waals surface area (Å²) in [5.41, 5.74) is 1.29. The molecular weight excluding hydrogens is 246 g/mol. The third-order valence-electron chi connectivity index (χ3n) is 2.66. The van der Waals surface area contributed by atoms with Crippen molar-refractivity contribution in [2.24, 2.45) is 7.05 Å². The summed E-state index contributed by atoms with van der Waals surface area (Å²) >= 11 is 0. The molecule has 0 unspecified atom stereocenters. The van der Waals surface area contributed by atoms with Crippen molar-refractivity contribution in [2.75, 3.05) is 11.9 Å². The molecule has 0 saturated carbocycles. The number of aryl methyl sites for hydroxylation is 1. The molecule has 0 aliphatic carbocycles. The maximum atomic E-state index is 11.0. The van der Waals surface area contributed by atoms with E-state index in [2.05, 4.69) is 15.4 Å². The van der Waals surface area contributed by atoms with Crippen LogP contribution in [0.15, 0.2) is 24.4 Å². The summed E-state index contributed by atoms with van der Waals surface area (Å²) in [7, 11) is 1.77. The maximum Gasteiger partial charge on any atom is 0.275 e. The molecule has 0 atom stereocenters. The minimum absolute atomic E-state index is 0.0183. The molecule has 2 aromatic rings. The Kier molecular flexibility index (Phi) is 3.74. The lowest BCUT2D eigenvalue weighted by Gasteiger charge is -2.07. The van der Waals surface area contributed by atoms with Gasteiger partial charge in [0, 0.05) is 25.9 Å². The molecule has 0 bridgehead atoms. The fourth-order valence-corrected chi connectivity index (χ4v) is 1.72. The van der Waals surface area contributed by atoms with Gasteiger partial charge in [-0.3, -0.25) is 14.8 Å². The third kappa shape index (κ3) is 2.87. The number of anilines is 1. The topological polar surface area (TPSA) is 85.9 Å². The van der Waals surface area contributed by atoms with Crippen LogP contribution in [0.4, 0.5) is 11.5 Å². The molecule has 0 aromatic carbocycles. The van der Waals surface area contributed by atoms with Crippen molar-refractivity contribution in [3.63, 3.8) is 0 Å². The first-order valence-corrected chi connectivity index (χ1v) is 6.00. The molecule has 0 fully saturated rings. The number of aromatic nitrogens is 3. The molecule has 19 heavy (non-hydrogen) atoms. The van der Waals surface area contributed by atoms with Gasteiger partial charge in [0.25, 0.3) is 5.69 Å². The average Bonchev–Trinajstić information content (AvgIpc) is 2.82. The molecule has 2 aromatic heterocycles. The van der Waals surface area contributed by atoms with E-state index in [1.54, 1.807) is 24.0 Å². The fourth-order valence-electron chi connectivity index (χ4n) is 1.72. The monoisotopic (exact) mass is 261 g/mol. The number of nitrogens with zero attached hydrogens (tertiary/aromatic N) is 4. The summed E-state index contributed by atoms with van der Waals surface area (Å²) in [6.45, 7) is 2.74. The standard InChI is InChI=1S/C12H15N5O2/c1-3-5-13-12-8-9(17(18)19)7-10(15-12)11-4-6-14-16(11)2/h4,6-8H,3,5H2,1-2H3,(H,13,15). The molecule has 0 spiro atoms. The van der Waals surface area contributed by atoms with Crippen LogP contribution in [0, 0.1) is 10.1 Å². The summed E-state index contributed by atoms with van der Waals surface area (Å²) in [4.78, 5) is 14.9. The van der Waals surface area contributed by atoms with Crippen molar-refractivity contribution in [1.29, 1.82) is 0 Å². The van der Waals surface area contributed by atoms with Gasteiger partial charge in [-0.25, -0.2) is 4.98 Å². The van der Waals surface area contributed by atoms with Crippen molar-refractivity contribution in [1.82, 2.24) is 14.8 Å². The first-order valence-electron chi connectivity index (χ1n) is 6.00. The van der Waals surface area contributed by atoms with Crippen LogP contribution < -0.4 is 5.32 Å². The highest BCUT2D eigenvalue weighted by molar-refractivity contribution is 5.62. The molecule has 100 valence electrons. The van der Waals surface area contributed by atoms with Crippen LogP contribution >= 0.6 is 0 Å². The van der Waals surface area contributed by atoms with Crippen LogP contribution in [0.2, 0.25) is 0 Å². The Morgan fingerprint density at radius 2 is 2.26 bits per heavy atom. The molecule has 2 heterocycles. The van der Waals surface area contributed by atoms with Crippen LogP contribution in [-0.2, 0) is 7.05 Å². The van der Waals surface area contributed by atoms with Gasteiger partial charge >= 0.3 is 0 Å². The van der Waals surface area contributed by atoms with Crippen LogP contribution in [0.25, 0.3) is 11.4 Å². The van der Waals surface area contributed by atoms with Crippen molar-refractivity contribution < 1.29 is 4.92 Å². The third-order valence-corrected chi connectivity index (χ3v) is 2.66. The van der Waals surface area contributed by atoms with E-state index in [0.717, 1.165) is 18.7 Å². The Morgan fingerprint density at radius 3 is 2.84 bits per heavy atom. The quantitative estimate of drug-likeness (QED) is 0.658. The predicted molar refractivity (Wildman–Crippen MR) is 71.9 cm³/mol. The highest BCUT2D eigenvalue weighted by Gasteiger charge is 2.14. The molecule has 0 aliphatic rings. The second kappa shape index (κ2) is 5.47. The Morgan fingerprint density at radius 1 is 1.47 bits per heavy atom. The summed E-state index contributed by atoms with van der Waals surface area (Å²) in [6, 6.07) is 4.67. The van der Waals surface area contributed by atoms with Gasteiger partial charge in [0.15, 0.2) is 0 Å². The molecule has 0 aliphatic heterocycles. The molecule has 2 rings (SSSR count). The number of hydrogen-bond acceptors (Lipinski definition) is 5. The lowest BCUT2D eigenvalue weighted by molar-refractivity contribution is -0.384. The van der Waals surface area contributed by atoms with Gasteiger partial charge in [0.2, 0.25) is 0 Å². The Balaban J connectivity index is 2.45. The summed E-state index contributed by atoms with van der Waals surface area (Å²) in [6.07, 6.45) is 2.56. The summed E-state index contributed by atoms with van der Waals surface area (Å²) in [5, 5.41) is 18.1. The molecule has 7 heteroatoms. The Hall–Kier alpha value is -2.44. The van der Waals surface area contributed by atoms with Gasteiger partial charge in [-0.2, -0.15) is 5.10 Å². The minimum Gasteiger partial charge on any atom is -0.370 e. The fraction of sp³-hybridized carbons (Fsp3) is 0.333. The molecule has 7 nitrogen and oxygen atoms in total. The Labute approximate surface area is 110 Å². The lowest BCUT2D eigenvalue weighted by atomic mass is 10.2. The van der Waals surface area contributed by atoms with E-state index in [-0.39, 0.29) is 5.69 Å². The maximum absolute atomic E-state index is 11.0. The second-order valence-electron chi connectivity index (χ2n) is 4.12. The van der Waals surface area contributed by atoms with E-state index >= 15 is 0 Å². The molecular formula is C12H15N5O2. The first-order chi connectivity index (χ1) is 9.11. The molecule has 0 radical (unpaired) electrons. The normalized spacial score (nSPS) is 10.4. The molecule has 1 N–H and O–H groups in total. The summed E-state index contributed by atoms with van der Waals surface area (Å²) < 4.78 is 1.63. The van der Waals surface area contributed by atoms with Gasteiger partial charge in [0.05, 0.1) is 22.4 Å². The van der Waals surface area contributed by atoms with Crippen molar-refractivity contribution >= 4 is 11.5 Å². The van der Waals surface area contributed by atoms with Crippen LogP contribution in [0.3, 0.4) is 0 Å². The molecule has 0 saturated heterocycles. The predicted octanol–water partition coefficient (Wildman–Crippen LogP) is 2.21.